The van der Waals surface area contributed by atoms with Crippen molar-refractivity contribution in [3.8, 4) is 5.75 Å². The van der Waals surface area contributed by atoms with Crippen molar-refractivity contribution in [3.63, 3.8) is 0 Å². The summed E-state index contributed by atoms with van der Waals surface area (Å²) in [6, 6.07) is 7.23. The summed E-state index contributed by atoms with van der Waals surface area (Å²) in [5.41, 5.74) is 0.450. The number of aromatic amines is 1. The summed E-state index contributed by atoms with van der Waals surface area (Å²) in [6.07, 6.45) is 0. The van der Waals surface area contributed by atoms with E-state index in [0.717, 1.165) is 8.95 Å². The molecule has 0 spiro atoms. The van der Waals surface area contributed by atoms with Gasteiger partial charge in [-0.2, -0.15) is 0 Å². The molecule has 1 aromatic carbocycles. The second-order valence-electron chi connectivity index (χ2n) is 5.26. The average molecular weight is 487 g/mol. The van der Waals surface area contributed by atoms with E-state index in [0.29, 0.717) is 21.8 Å². The number of rotatable bonds is 5. The number of H-pyrrole nitrogens is 1. The minimum atomic E-state index is -0.220. The van der Waals surface area contributed by atoms with Crippen LogP contribution in [0.5, 0.6) is 5.75 Å². The maximum atomic E-state index is 12.3. The predicted molar refractivity (Wildman–Crippen MR) is 104 cm³/mol. The van der Waals surface area contributed by atoms with E-state index in [1.54, 1.807) is 19.2 Å². The Morgan fingerprint density at radius 3 is 2.92 bits per heavy atom. The molecule has 0 aliphatic carbocycles. The van der Waals surface area contributed by atoms with Gasteiger partial charge in [-0.3, -0.25) is 9.59 Å². The molecule has 130 valence electrons. The van der Waals surface area contributed by atoms with Gasteiger partial charge in [0, 0.05) is 11.5 Å². The molecule has 6 nitrogen and oxygen atoms in total. The Hall–Kier alpha value is -1.71. The van der Waals surface area contributed by atoms with Crippen LogP contribution in [0.4, 0.5) is 0 Å². The van der Waals surface area contributed by atoms with Crippen LogP contribution in [0.3, 0.4) is 0 Å². The number of amides is 1. The van der Waals surface area contributed by atoms with Gasteiger partial charge in [0.15, 0.2) is 6.61 Å². The van der Waals surface area contributed by atoms with E-state index in [2.05, 4.69) is 41.8 Å². The van der Waals surface area contributed by atoms with Gasteiger partial charge in [-0.1, -0.05) is 15.9 Å². The molecule has 0 bridgehead atoms. The summed E-state index contributed by atoms with van der Waals surface area (Å²) < 4.78 is 7.80. The van der Waals surface area contributed by atoms with Crippen molar-refractivity contribution >= 4 is 59.3 Å². The van der Waals surface area contributed by atoms with E-state index in [4.69, 9.17) is 4.74 Å². The van der Waals surface area contributed by atoms with E-state index in [1.807, 2.05) is 17.5 Å². The van der Waals surface area contributed by atoms with Gasteiger partial charge in [-0.15, -0.1) is 11.3 Å². The highest BCUT2D eigenvalue weighted by Crippen LogP contribution is 2.28. The number of nitrogens with zero attached hydrogens (tertiary/aromatic N) is 2. The minimum Gasteiger partial charge on any atom is -0.483 e. The first-order valence-corrected chi connectivity index (χ1v) is 9.69. The topological polar surface area (TPSA) is 75.3 Å². The van der Waals surface area contributed by atoms with Crippen LogP contribution in [0.2, 0.25) is 0 Å². The second kappa shape index (κ2) is 7.67. The Balaban J connectivity index is 1.64. The number of ether oxygens (including phenoxy) is 1. The molecule has 0 unspecified atom stereocenters. The number of hydrogen-bond donors (Lipinski definition) is 1. The molecule has 2 heterocycles. The quantitative estimate of drug-likeness (QED) is 0.598. The number of likely N-dealkylation sites (N-methyl/N-ethyl adjacent to an activating group) is 1. The number of nitrogens with one attached hydrogen (secondary N) is 1. The van der Waals surface area contributed by atoms with Crippen molar-refractivity contribution in [1.29, 1.82) is 0 Å². The fourth-order valence-electron chi connectivity index (χ4n) is 2.15. The first kappa shape index (κ1) is 18.1. The summed E-state index contributed by atoms with van der Waals surface area (Å²) in [6.45, 7) is 0.0897. The zero-order valence-corrected chi connectivity index (χ0v) is 17.1. The van der Waals surface area contributed by atoms with E-state index in [1.165, 1.54) is 16.2 Å². The second-order valence-corrected chi connectivity index (χ2v) is 7.95. The first-order chi connectivity index (χ1) is 11.9. The van der Waals surface area contributed by atoms with Gasteiger partial charge in [-0.25, -0.2) is 4.98 Å². The smallest absolute Gasteiger partial charge is 0.268 e. The lowest BCUT2D eigenvalue weighted by molar-refractivity contribution is -0.132. The highest BCUT2D eigenvalue weighted by atomic mass is 79.9. The van der Waals surface area contributed by atoms with Crippen LogP contribution in [-0.2, 0) is 11.3 Å². The number of halogens is 2. The molecule has 0 aliphatic rings. The molecule has 0 saturated carbocycles. The summed E-state index contributed by atoms with van der Waals surface area (Å²) in [5.74, 6) is 0.802. The van der Waals surface area contributed by atoms with Gasteiger partial charge in [0.25, 0.3) is 11.5 Å². The third kappa shape index (κ3) is 4.28. The molecule has 2 aromatic heterocycles. The third-order valence-corrected chi connectivity index (χ3v) is 5.44. The highest BCUT2D eigenvalue weighted by Gasteiger charge is 2.14. The van der Waals surface area contributed by atoms with Crippen LogP contribution in [-0.4, -0.2) is 34.4 Å². The van der Waals surface area contributed by atoms with E-state index < -0.39 is 0 Å². The minimum absolute atomic E-state index is 0.109. The average Bonchev–Trinajstić information content (AvgIpc) is 3.02. The van der Waals surface area contributed by atoms with Crippen LogP contribution in [0.25, 0.3) is 10.2 Å². The molecular formula is C16H13Br2N3O3S. The molecular weight excluding hydrogens is 474 g/mol. The van der Waals surface area contributed by atoms with Crippen LogP contribution in [0.15, 0.2) is 43.4 Å². The molecule has 25 heavy (non-hydrogen) atoms. The standard InChI is InChI=1S/C16H13Br2N3O3S/c1-21(7-13-19-11-4-5-25-15(11)16(23)20-13)14(22)8-24-12-3-2-9(17)6-10(12)18/h2-6H,7-8H2,1H3,(H,19,20,23). The van der Waals surface area contributed by atoms with Crippen molar-refractivity contribution < 1.29 is 9.53 Å². The van der Waals surface area contributed by atoms with Crippen molar-refractivity contribution in [2.24, 2.45) is 0 Å². The lowest BCUT2D eigenvalue weighted by atomic mass is 10.3. The first-order valence-electron chi connectivity index (χ1n) is 7.22. The molecule has 0 saturated heterocycles. The number of carbonyl (C=O) groups excluding carboxylic acids is 1. The zero-order chi connectivity index (χ0) is 18.0. The number of thiophene rings is 1. The molecule has 1 amide bonds. The Bertz CT molecular complexity index is 986. The van der Waals surface area contributed by atoms with Crippen LogP contribution < -0.4 is 10.3 Å². The molecule has 9 heteroatoms. The van der Waals surface area contributed by atoms with Crippen LogP contribution >= 0.6 is 43.2 Å². The molecule has 0 fully saturated rings. The van der Waals surface area contributed by atoms with Crippen LogP contribution in [0, 0.1) is 0 Å². The number of carbonyl (C=O) groups is 1. The van der Waals surface area contributed by atoms with Gasteiger partial charge in [0.05, 0.1) is 16.5 Å². The summed E-state index contributed by atoms with van der Waals surface area (Å²) in [5, 5.41) is 1.81. The molecule has 3 aromatic rings. The fourth-order valence-corrected chi connectivity index (χ4v) is 4.04. The number of fused-ring (bicyclic) bond motifs is 1. The molecule has 0 radical (unpaired) electrons. The zero-order valence-electron chi connectivity index (χ0n) is 13.1. The van der Waals surface area contributed by atoms with Crippen molar-refractivity contribution in [1.82, 2.24) is 14.9 Å². The Morgan fingerprint density at radius 2 is 2.16 bits per heavy atom. The van der Waals surface area contributed by atoms with Crippen molar-refractivity contribution in [2.45, 2.75) is 6.54 Å². The summed E-state index contributed by atoms with van der Waals surface area (Å²) in [4.78, 5) is 32.8. The normalized spacial score (nSPS) is 10.8. The third-order valence-electron chi connectivity index (χ3n) is 3.42. The molecule has 3 rings (SSSR count). The highest BCUT2D eigenvalue weighted by molar-refractivity contribution is 9.11. The molecule has 0 aliphatic heterocycles. The lowest BCUT2D eigenvalue weighted by Gasteiger charge is -2.17. The van der Waals surface area contributed by atoms with E-state index in [9.17, 15) is 9.59 Å². The molecule has 1 N–H and O–H groups in total. The maximum Gasteiger partial charge on any atom is 0.268 e. The maximum absolute atomic E-state index is 12.3. The van der Waals surface area contributed by atoms with Crippen LogP contribution in [0.1, 0.15) is 5.82 Å². The number of hydrogen-bond acceptors (Lipinski definition) is 5. The molecule has 0 atom stereocenters. The Labute approximate surface area is 164 Å². The van der Waals surface area contributed by atoms with Crippen molar-refractivity contribution in [3.05, 3.63) is 54.8 Å². The summed E-state index contributed by atoms with van der Waals surface area (Å²) >= 11 is 8.09. The fraction of sp³-hybridized carbons (Fsp3) is 0.188. The van der Waals surface area contributed by atoms with Gasteiger partial charge in [0.2, 0.25) is 0 Å². The largest absolute Gasteiger partial charge is 0.483 e. The van der Waals surface area contributed by atoms with Gasteiger partial charge in [-0.05, 0) is 45.6 Å². The van der Waals surface area contributed by atoms with Gasteiger partial charge >= 0.3 is 0 Å². The van der Waals surface area contributed by atoms with E-state index >= 15 is 0 Å². The SMILES string of the molecule is CN(Cc1nc2ccsc2c(=O)[nH]1)C(=O)COc1ccc(Br)cc1Br. The lowest BCUT2D eigenvalue weighted by Crippen LogP contribution is -2.32. The summed E-state index contributed by atoms with van der Waals surface area (Å²) in [7, 11) is 1.64. The number of benzene rings is 1. The predicted octanol–water partition coefficient (Wildman–Crippen LogP) is 3.55. The Morgan fingerprint density at radius 1 is 1.36 bits per heavy atom. The van der Waals surface area contributed by atoms with Crippen molar-refractivity contribution in [2.75, 3.05) is 13.7 Å². The Kier molecular flexibility index (Phi) is 5.55. The monoisotopic (exact) mass is 485 g/mol. The number of aromatic nitrogens is 2. The van der Waals surface area contributed by atoms with Gasteiger partial charge < -0.3 is 14.6 Å². The van der Waals surface area contributed by atoms with Gasteiger partial charge in [0.1, 0.15) is 16.3 Å². The van der Waals surface area contributed by atoms with E-state index in [-0.39, 0.29) is 24.6 Å².